The molecule has 10 heteroatoms. The SMILES string of the molecule is C1CCOC1.Cc1cc(C(C)(C)C)nn1[BH-](n1nc(C(C)(C)C)cc1C)n1nc(C(C)(C)C)cc1C.[BH4-].[Tm]. The van der Waals surface area contributed by atoms with Crippen LogP contribution in [0.5, 0.6) is 0 Å². The van der Waals surface area contributed by atoms with Crippen molar-refractivity contribution in [2.75, 3.05) is 13.2 Å². The zero-order valence-electron chi connectivity index (χ0n) is 25.1. The summed E-state index contributed by atoms with van der Waals surface area (Å²) in [5, 5.41) is 15.3. The molecule has 0 aromatic carbocycles. The second-order valence-corrected chi connectivity index (χ2v) is 13.5. The molecule has 3 aromatic heterocycles. The second kappa shape index (κ2) is 13.1. The zero-order chi connectivity index (χ0) is 27.1. The van der Waals surface area contributed by atoms with Gasteiger partial charge in [0.25, 0.3) is 0 Å². The summed E-state index contributed by atoms with van der Waals surface area (Å²) in [6, 6.07) is 6.60. The number of rotatable bonds is 3. The first-order chi connectivity index (χ1) is 16.5. The monoisotopic (exact) mass is 679 g/mol. The Morgan fingerprint density at radius 2 is 0.868 bits per heavy atom. The Kier molecular flexibility index (Phi) is 12.0. The molecular weight excluding hydrogens is 627 g/mol. The van der Waals surface area contributed by atoms with Crippen LogP contribution >= 0.6 is 0 Å². The standard InChI is InChI=1S/C24H40BN6.C4H8O.BH4.Tm/c1-16-13-19(22(4,5)6)26-29(16)25(30-17(2)14-20(27-30)23(7,8)9)31-18(3)15-21(28-31)24(10,11)12;1-2-4-5-3-1;;/h13-15,25H,1-12H3;1-4H2;1H4;/q-1;;-1;. The summed E-state index contributed by atoms with van der Waals surface area (Å²) >= 11 is 0. The molecule has 1 aliphatic heterocycles. The van der Waals surface area contributed by atoms with Crippen molar-refractivity contribution in [2.24, 2.45) is 0 Å². The van der Waals surface area contributed by atoms with Crippen LogP contribution in [-0.2, 0) is 21.0 Å². The van der Waals surface area contributed by atoms with Crippen LogP contribution in [0.25, 0.3) is 0 Å². The molecular formula is C28H52B2N6OTm-2. The molecule has 1 radical (unpaired) electrons. The fourth-order valence-corrected chi connectivity index (χ4v) is 4.38. The maximum Gasteiger partial charge on any atom is 0.326 e. The maximum absolute atomic E-state index is 5.09. The Labute approximate surface area is 262 Å². The van der Waals surface area contributed by atoms with E-state index in [4.69, 9.17) is 20.0 Å². The van der Waals surface area contributed by atoms with Gasteiger partial charge in [-0.15, -0.1) is 0 Å². The van der Waals surface area contributed by atoms with Gasteiger partial charge in [-0.05, 0) is 68.9 Å². The van der Waals surface area contributed by atoms with Crippen LogP contribution in [0, 0.1) is 57.6 Å². The Balaban J connectivity index is 0.000000925. The molecule has 0 unspecified atom stereocenters. The average molecular weight is 679 g/mol. The molecule has 1 fully saturated rings. The number of hydrogen-bond acceptors (Lipinski definition) is 4. The van der Waals surface area contributed by atoms with Gasteiger partial charge in [-0.3, -0.25) is 0 Å². The molecule has 0 saturated carbocycles. The van der Waals surface area contributed by atoms with E-state index >= 15 is 0 Å². The average Bonchev–Trinajstić information content (AvgIpc) is 3.51. The van der Waals surface area contributed by atoms with Gasteiger partial charge in [0.05, 0.1) is 17.1 Å². The smallest absolute Gasteiger partial charge is 0.326 e. The molecule has 0 bridgehead atoms. The summed E-state index contributed by atoms with van der Waals surface area (Å²) in [5.74, 6) is 0. The van der Waals surface area contributed by atoms with Crippen molar-refractivity contribution in [3.8, 4) is 0 Å². The topological polar surface area (TPSA) is 62.7 Å². The first-order valence-electron chi connectivity index (χ1n) is 13.4. The summed E-state index contributed by atoms with van der Waals surface area (Å²) in [4.78, 5) is 0. The number of aromatic nitrogens is 6. The van der Waals surface area contributed by atoms with Crippen molar-refractivity contribution in [1.82, 2.24) is 29.1 Å². The van der Waals surface area contributed by atoms with Gasteiger partial charge in [-0.25, -0.2) is 15.3 Å². The van der Waals surface area contributed by atoms with Crippen LogP contribution in [0.2, 0.25) is 0 Å². The van der Waals surface area contributed by atoms with Gasteiger partial charge in [-0.2, -0.15) is 0 Å². The predicted octanol–water partition coefficient (Wildman–Crippen LogP) is 4.10. The van der Waals surface area contributed by atoms with Gasteiger partial charge in [-0.1, -0.05) is 70.7 Å². The van der Waals surface area contributed by atoms with Crippen molar-refractivity contribution in [3.05, 3.63) is 52.4 Å². The maximum atomic E-state index is 5.09. The molecule has 0 aliphatic carbocycles. The third-order valence-electron chi connectivity index (χ3n) is 6.88. The van der Waals surface area contributed by atoms with E-state index < -0.39 is 7.12 Å². The summed E-state index contributed by atoms with van der Waals surface area (Å²) in [6.45, 7) is 28.3. The Morgan fingerprint density at radius 1 is 0.605 bits per heavy atom. The molecule has 221 valence electrons. The third kappa shape index (κ3) is 8.23. The first-order valence-corrected chi connectivity index (χ1v) is 13.4. The fraction of sp³-hybridized carbons (Fsp3) is 0.679. The van der Waals surface area contributed by atoms with E-state index in [0.29, 0.717) is 0 Å². The zero-order valence-corrected chi connectivity index (χ0v) is 26.9. The van der Waals surface area contributed by atoms with Crippen LogP contribution in [-0.4, -0.2) is 57.8 Å². The molecule has 7 nitrogen and oxygen atoms in total. The molecule has 0 amide bonds. The summed E-state index contributed by atoms with van der Waals surface area (Å²) < 4.78 is 11.4. The normalized spacial score (nSPS) is 14.1. The van der Waals surface area contributed by atoms with E-state index in [1.54, 1.807) is 0 Å². The molecule has 3 aromatic rings. The number of hydrogen-bond donors (Lipinski definition) is 0. The molecule has 1 saturated heterocycles. The third-order valence-corrected chi connectivity index (χ3v) is 6.88. The van der Waals surface area contributed by atoms with E-state index in [1.165, 1.54) is 12.8 Å². The molecule has 38 heavy (non-hydrogen) atoms. The minimum Gasteiger partial charge on any atom is -0.400 e. The van der Waals surface area contributed by atoms with Crippen LogP contribution in [0.1, 0.15) is 109 Å². The van der Waals surface area contributed by atoms with Gasteiger partial charge < -0.3 is 18.5 Å². The molecule has 0 spiro atoms. The van der Waals surface area contributed by atoms with Crippen molar-refractivity contribution < 1.29 is 41.6 Å². The van der Waals surface area contributed by atoms with Crippen LogP contribution in [0.3, 0.4) is 0 Å². The molecule has 4 rings (SSSR count). The molecule has 1 aliphatic rings. The largest absolute Gasteiger partial charge is 0.400 e. The van der Waals surface area contributed by atoms with Crippen molar-refractivity contribution in [3.63, 3.8) is 0 Å². The van der Waals surface area contributed by atoms with E-state index in [9.17, 15) is 0 Å². The first kappa shape index (κ1) is 35.0. The summed E-state index contributed by atoms with van der Waals surface area (Å²) in [7, 11) is -1.42. The van der Waals surface area contributed by atoms with Gasteiger partial charge in [0.15, 0.2) is 0 Å². The number of aryl methyl sites for hydroxylation is 3. The summed E-state index contributed by atoms with van der Waals surface area (Å²) in [5.41, 5.74) is 6.58. The van der Waals surface area contributed by atoms with Gasteiger partial charge in [0.1, 0.15) is 0 Å². The number of ether oxygens (including phenoxy) is 1. The van der Waals surface area contributed by atoms with Crippen molar-refractivity contribution >= 4 is 15.5 Å². The molecule has 4 heterocycles. The van der Waals surface area contributed by atoms with Gasteiger partial charge in [0, 0.05) is 66.3 Å². The van der Waals surface area contributed by atoms with Crippen molar-refractivity contribution in [1.29, 1.82) is 0 Å². The minimum atomic E-state index is -1.42. The Morgan fingerprint density at radius 3 is 1.03 bits per heavy atom. The van der Waals surface area contributed by atoms with Crippen molar-refractivity contribution in [2.45, 2.75) is 112 Å². The second-order valence-electron chi connectivity index (χ2n) is 13.5. The Bertz CT molecular complexity index is 1030. The van der Waals surface area contributed by atoms with E-state index in [-0.39, 0.29) is 61.5 Å². The quantitative estimate of drug-likeness (QED) is 0.392. The Hall–Kier alpha value is -1.05. The van der Waals surface area contributed by atoms with Crippen LogP contribution < -0.4 is 0 Å². The van der Waals surface area contributed by atoms with Gasteiger partial charge >= 0.3 is 7.12 Å². The van der Waals surface area contributed by atoms with E-state index in [0.717, 1.165) is 47.4 Å². The predicted molar refractivity (Wildman–Crippen MR) is 162 cm³/mol. The molecule has 0 N–H and O–H groups in total. The van der Waals surface area contributed by atoms with E-state index in [1.807, 2.05) is 0 Å². The van der Waals surface area contributed by atoms with Gasteiger partial charge in [0.2, 0.25) is 0 Å². The fourth-order valence-electron chi connectivity index (χ4n) is 4.38. The summed E-state index contributed by atoms with van der Waals surface area (Å²) in [6.07, 6.45) is 2.56. The van der Waals surface area contributed by atoms with E-state index in [2.05, 4.69) is 115 Å². The molecule has 0 atom stereocenters. The number of nitrogens with zero attached hydrogens (tertiary/aromatic N) is 6. The van der Waals surface area contributed by atoms with Crippen LogP contribution in [0.15, 0.2) is 18.2 Å². The minimum absolute atomic E-state index is 0. The van der Waals surface area contributed by atoms with Crippen LogP contribution in [0.4, 0.5) is 0 Å².